The van der Waals surface area contributed by atoms with Gasteiger partial charge in [-0.2, -0.15) is 5.10 Å². The molecule has 4 nitrogen and oxygen atoms in total. The third-order valence-electron chi connectivity index (χ3n) is 4.21. The average Bonchev–Trinajstić information content (AvgIpc) is 2.58. The van der Waals surface area contributed by atoms with E-state index in [0.29, 0.717) is 4.99 Å². The Labute approximate surface area is 124 Å². The van der Waals surface area contributed by atoms with Gasteiger partial charge in [0.05, 0.1) is 10.7 Å². The van der Waals surface area contributed by atoms with Crippen LogP contribution in [0.4, 0.5) is 0 Å². The van der Waals surface area contributed by atoms with E-state index in [4.69, 9.17) is 29.6 Å². The molecule has 19 heavy (non-hydrogen) atoms. The summed E-state index contributed by atoms with van der Waals surface area (Å²) in [7, 11) is 1.87. The highest BCUT2D eigenvalue weighted by molar-refractivity contribution is 7.80. The summed E-state index contributed by atoms with van der Waals surface area (Å²) in [6.07, 6.45) is 2.03. The number of piperidine rings is 1. The summed E-state index contributed by atoms with van der Waals surface area (Å²) in [5, 5.41) is 5.09. The van der Waals surface area contributed by atoms with E-state index in [-0.39, 0.29) is 5.41 Å². The minimum atomic E-state index is 0.0135. The fraction of sp³-hybridized carbons (Fsp3) is 0.692. The molecule has 0 aliphatic carbocycles. The van der Waals surface area contributed by atoms with Crippen molar-refractivity contribution in [3.05, 3.63) is 16.4 Å². The van der Waals surface area contributed by atoms with Crippen LogP contribution in [0.1, 0.15) is 31.0 Å². The number of aryl methyl sites for hydroxylation is 2. The molecule has 1 fully saturated rings. The molecule has 0 unspecified atom stereocenters. The molecule has 1 aromatic rings. The lowest BCUT2D eigenvalue weighted by atomic mass is 9.80. The van der Waals surface area contributed by atoms with Crippen LogP contribution in [0, 0.1) is 12.3 Å². The summed E-state index contributed by atoms with van der Waals surface area (Å²) in [5.74, 6) is 0. The number of likely N-dealkylation sites (tertiary alicyclic amines) is 1. The van der Waals surface area contributed by atoms with E-state index >= 15 is 0 Å². The van der Waals surface area contributed by atoms with Crippen LogP contribution >= 0.6 is 23.8 Å². The van der Waals surface area contributed by atoms with Crippen molar-refractivity contribution in [2.75, 3.05) is 13.1 Å². The number of hydrogen-bond donors (Lipinski definition) is 1. The minimum Gasteiger partial charge on any atom is -0.393 e. The third-order valence-corrected chi connectivity index (χ3v) is 5.17. The SMILES string of the molecule is Cc1nn(C)c(Cl)c1CN1CCC(C)(C(N)=S)CC1. The second kappa shape index (κ2) is 5.38. The largest absolute Gasteiger partial charge is 0.393 e. The van der Waals surface area contributed by atoms with E-state index in [0.717, 1.165) is 48.9 Å². The van der Waals surface area contributed by atoms with E-state index in [9.17, 15) is 0 Å². The highest BCUT2D eigenvalue weighted by Gasteiger charge is 2.33. The van der Waals surface area contributed by atoms with Crippen LogP contribution in [-0.4, -0.2) is 32.8 Å². The Balaban J connectivity index is 2.02. The summed E-state index contributed by atoms with van der Waals surface area (Å²) in [6.45, 7) is 7.02. The first kappa shape index (κ1) is 14.8. The average molecular weight is 301 g/mol. The molecule has 0 spiro atoms. The van der Waals surface area contributed by atoms with E-state index < -0.39 is 0 Å². The maximum Gasteiger partial charge on any atom is 0.131 e. The van der Waals surface area contributed by atoms with Gasteiger partial charge in [-0.25, -0.2) is 0 Å². The van der Waals surface area contributed by atoms with Gasteiger partial charge in [-0.05, 0) is 32.9 Å². The van der Waals surface area contributed by atoms with Crippen molar-refractivity contribution in [3.8, 4) is 0 Å². The molecule has 0 amide bonds. The summed E-state index contributed by atoms with van der Waals surface area (Å²) < 4.78 is 1.73. The molecule has 2 heterocycles. The second-order valence-electron chi connectivity index (χ2n) is 5.68. The van der Waals surface area contributed by atoms with Crippen LogP contribution in [0.2, 0.25) is 5.15 Å². The zero-order valence-corrected chi connectivity index (χ0v) is 13.3. The van der Waals surface area contributed by atoms with Gasteiger partial charge in [-0.1, -0.05) is 30.7 Å². The Morgan fingerprint density at radius 2 is 2.05 bits per heavy atom. The molecule has 1 saturated heterocycles. The number of aromatic nitrogens is 2. The van der Waals surface area contributed by atoms with Crippen molar-refractivity contribution >= 4 is 28.8 Å². The van der Waals surface area contributed by atoms with E-state index in [1.165, 1.54) is 0 Å². The van der Waals surface area contributed by atoms with Crippen LogP contribution in [0.25, 0.3) is 0 Å². The molecule has 0 radical (unpaired) electrons. The molecule has 2 N–H and O–H groups in total. The second-order valence-corrected chi connectivity index (χ2v) is 6.48. The van der Waals surface area contributed by atoms with E-state index in [1.807, 2.05) is 14.0 Å². The molecular formula is C13H21ClN4S. The van der Waals surface area contributed by atoms with Gasteiger partial charge in [0.1, 0.15) is 5.15 Å². The van der Waals surface area contributed by atoms with Crippen molar-refractivity contribution < 1.29 is 0 Å². The predicted octanol–water partition coefficient (Wildman–Crippen LogP) is 2.27. The molecule has 1 aromatic heterocycles. The highest BCUT2D eigenvalue weighted by Crippen LogP contribution is 2.32. The van der Waals surface area contributed by atoms with Crippen LogP contribution in [0.3, 0.4) is 0 Å². The van der Waals surface area contributed by atoms with Crippen molar-refractivity contribution in [3.63, 3.8) is 0 Å². The van der Waals surface area contributed by atoms with Gasteiger partial charge in [0.25, 0.3) is 0 Å². The zero-order valence-electron chi connectivity index (χ0n) is 11.7. The van der Waals surface area contributed by atoms with Gasteiger partial charge in [-0.3, -0.25) is 9.58 Å². The fourth-order valence-electron chi connectivity index (χ4n) is 2.53. The first-order valence-electron chi connectivity index (χ1n) is 6.54. The van der Waals surface area contributed by atoms with Crippen molar-refractivity contribution in [1.82, 2.24) is 14.7 Å². The van der Waals surface area contributed by atoms with Crippen molar-refractivity contribution in [2.45, 2.75) is 33.2 Å². The molecule has 0 aromatic carbocycles. The normalized spacial score (nSPS) is 19.6. The van der Waals surface area contributed by atoms with Crippen LogP contribution in [-0.2, 0) is 13.6 Å². The summed E-state index contributed by atoms with van der Waals surface area (Å²) >= 11 is 11.4. The lowest BCUT2D eigenvalue weighted by molar-refractivity contribution is 0.157. The van der Waals surface area contributed by atoms with Crippen molar-refractivity contribution in [2.24, 2.45) is 18.2 Å². The van der Waals surface area contributed by atoms with Gasteiger partial charge in [0.2, 0.25) is 0 Å². The monoisotopic (exact) mass is 300 g/mol. The molecular weight excluding hydrogens is 280 g/mol. The van der Waals surface area contributed by atoms with Gasteiger partial charge in [0.15, 0.2) is 0 Å². The molecule has 1 aliphatic heterocycles. The smallest absolute Gasteiger partial charge is 0.131 e. The number of nitrogens with zero attached hydrogens (tertiary/aromatic N) is 3. The fourth-order valence-corrected chi connectivity index (χ4v) is 2.97. The first-order chi connectivity index (χ1) is 8.83. The maximum absolute atomic E-state index is 6.27. The summed E-state index contributed by atoms with van der Waals surface area (Å²) in [4.78, 5) is 3.04. The molecule has 0 atom stereocenters. The number of thiocarbonyl (C=S) groups is 1. The molecule has 6 heteroatoms. The lowest BCUT2D eigenvalue weighted by Crippen LogP contribution is -2.44. The first-order valence-corrected chi connectivity index (χ1v) is 7.32. The van der Waals surface area contributed by atoms with Gasteiger partial charge in [-0.15, -0.1) is 0 Å². The standard InChI is InChI=1S/C13H21ClN4S/c1-9-10(11(14)17(3)16-9)8-18-6-4-13(2,5-7-18)12(15)19/h4-8H2,1-3H3,(H2,15,19). The Morgan fingerprint density at radius 3 is 2.47 bits per heavy atom. The van der Waals surface area contributed by atoms with Crippen LogP contribution < -0.4 is 5.73 Å². The Morgan fingerprint density at radius 1 is 1.47 bits per heavy atom. The number of rotatable bonds is 3. The van der Waals surface area contributed by atoms with E-state index in [2.05, 4.69) is 16.9 Å². The number of hydrogen-bond acceptors (Lipinski definition) is 3. The third kappa shape index (κ3) is 2.93. The minimum absolute atomic E-state index is 0.0135. The quantitative estimate of drug-likeness (QED) is 0.870. The Bertz CT molecular complexity index is 489. The maximum atomic E-state index is 6.27. The molecule has 2 rings (SSSR count). The summed E-state index contributed by atoms with van der Waals surface area (Å²) in [5.41, 5.74) is 7.98. The molecule has 106 valence electrons. The topological polar surface area (TPSA) is 47.1 Å². The predicted molar refractivity (Wildman–Crippen MR) is 82.4 cm³/mol. The number of halogens is 1. The Hall–Kier alpha value is -0.650. The number of nitrogens with two attached hydrogens (primary N) is 1. The molecule has 0 bridgehead atoms. The van der Waals surface area contributed by atoms with E-state index in [1.54, 1.807) is 4.68 Å². The van der Waals surface area contributed by atoms with Crippen molar-refractivity contribution in [1.29, 1.82) is 0 Å². The van der Waals surface area contributed by atoms with Crippen LogP contribution in [0.15, 0.2) is 0 Å². The van der Waals surface area contributed by atoms with Gasteiger partial charge < -0.3 is 5.73 Å². The van der Waals surface area contributed by atoms with Gasteiger partial charge >= 0.3 is 0 Å². The lowest BCUT2D eigenvalue weighted by Gasteiger charge is -2.38. The zero-order chi connectivity index (χ0) is 14.2. The highest BCUT2D eigenvalue weighted by atomic mass is 35.5. The Kier molecular flexibility index (Phi) is 4.18. The summed E-state index contributed by atoms with van der Waals surface area (Å²) in [6, 6.07) is 0. The van der Waals surface area contributed by atoms with Gasteiger partial charge in [0, 0.05) is 24.6 Å². The molecule has 0 saturated carbocycles. The van der Waals surface area contributed by atoms with Crippen LogP contribution in [0.5, 0.6) is 0 Å². The molecule has 1 aliphatic rings.